The molecule has 0 radical (unpaired) electrons. The first kappa shape index (κ1) is 17.2. The molecule has 1 saturated heterocycles. The van der Waals surface area contributed by atoms with Crippen molar-refractivity contribution in [2.45, 2.75) is 19.8 Å². The number of likely N-dealkylation sites (tertiary alicyclic amines) is 1. The highest BCUT2D eigenvalue weighted by molar-refractivity contribution is 5.91. The van der Waals surface area contributed by atoms with Crippen molar-refractivity contribution in [3.8, 4) is 0 Å². The number of halogens is 2. The van der Waals surface area contributed by atoms with Crippen LogP contribution in [0, 0.1) is 17.6 Å². The van der Waals surface area contributed by atoms with Gasteiger partial charge in [-0.1, -0.05) is 6.92 Å². The van der Waals surface area contributed by atoms with Gasteiger partial charge in [0.25, 0.3) is 0 Å². The maximum atomic E-state index is 13.8. The van der Waals surface area contributed by atoms with Gasteiger partial charge in [0.1, 0.15) is 11.6 Å². The average Bonchev–Trinajstić information content (AvgIpc) is 2.53. The molecule has 1 aromatic carbocycles. The van der Waals surface area contributed by atoms with Crippen molar-refractivity contribution in [2.24, 2.45) is 5.92 Å². The molecule has 1 aliphatic rings. The number of carbonyl (C=O) groups is 2. The van der Waals surface area contributed by atoms with Crippen LogP contribution in [0.15, 0.2) is 12.1 Å². The quantitative estimate of drug-likeness (QED) is 0.864. The number of piperidine rings is 1. The molecule has 1 aromatic rings. The number of ether oxygens (including phenoxy) is 1. The maximum absolute atomic E-state index is 13.8. The van der Waals surface area contributed by atoms with E-state index in [0.717, 1.165) is 26.0 Å². The predicted octanol–water partition coefficient (Wildman–Crippen LogP) is 2.42. The number of anilines is 1. The molecule has 2 rings (SSSR count). The summed E-state index contributed by atoms with van der Waals surface area (Å²) in [5.41, 5.74) is -0.485. The molecule has 1 fully saturated rings. The molecule has 1 heterocycles. The van der Waals surface area contributed by atoms with Crippen molar-refractivity contribution >= 4 is 17.6 Å². The molecule has 23 heavy (non-hydrogen) atoms. The smallest absolute Gasteiger partial charge is 0.340 e. The Morgan fingerprint density at radius 3 is 2.52 bits per heavy atom. The summed E-state index contributed by atoms with van der Waals surface area (Å²) in [6.45, 7) is 3.39. The van der Waals surface area contributed by atoms with Crippen LogP contribution in [-0.2, 0) is 9.53 Å². The molecule has 0 saturated carbocycles. The van der Waals surface area contributed by atoms with Crippen molar-refractivity contribution in [2.75, 3.05) is 32.1 Å². The number of benzene rings is 1. The Hall–Kier alpha value is -2.18. The fourth-order valence-corrected chi connectivity index (χ4v) is 2.49. The zero-order valence-corrected chi connectivity index (χ0v) is 13.2. The van der Waals surface area contributed by atoms with Crippen LogP contribution >= 0.6 is 0 Å². The SMILES string of the molecule is COC(=O)c1cc(NCC(=O)N2CCC(C)CC2)c(F)cc1F. The minimum absolute atomic E-state index is 0.106. The molecule has 1 amide bonds. The van der Waals surface area contributed by atoms with Crippen molar-refractivity contribution in [1.29, 1.82) is 0 Å². The third-order valence-electron chi connectivity index (χ3n) is 4.03. The minimum atomic E-state index is -1.00. The van der Waals surface area contributed by atoms with Gasteiger partial charge in [0.2, 0.25) is 5.91 Å². The summed E-state index contributed by atoms with van der Waals surface area (Å²) < 4.78 is 31.8. The number of nitrogens with one attached hydrogen (secondary N) is 1. The molecular formula is C16H20F2N2O3. The number of hydrogen-bond donors (Lipinski definition) is 1. The number of hydrogen-bond acceptors (Lipinski definition) is 4. The number of amides is 1. The van der Waals surface area contributed by atoms with Gasteiger partial charge in [0.15, 0.2) is 0 Å². The van der Waals surface area contributed by atoms with E-state index in [4.69, 9.17) is 0 Å². The second-order valence-corrected chi connectivity index (χ2v) is 5.72. The van der Waals surface area contributed by atoms with E-state index in [2.05, 4.69) is 17.0 Å². The van der Waals surface area contributed by atoms with Crippen molar-refractivity contribution in [3.05, 3.63) is 29.3 Å². The summed E-state index contributed by atoms with van der Waals surface area (Å²) >= 11 is 0. The fraction of sp³-hybridized carbons (Fsp3) is 0.500. The first-order chi connectivity index (χ1) is 10.9. The molecule has 0 spiro atoms. The van der Waals surface area contributed by atoms with E-state index in [-0.39, 0.29) is 23.7 Å². The molecule has 1 aliphatic heterocycles. The lowest BCUT2D eigenvalue weighted by molar-refractivity contribution is -0.130. The molecule has 0 aliphatic carbocycles. The van der Waals surface area contributed by atoms with Crippen LogP contribution in [0.5, 0.6) is 0 Å². The zero-order chi connectivity index (χ0) is 17.0. The molecule has 5 nitrogen and oxygen atoms in total. The van der Waals surface area contributed by atoms with Gasteiger partial charge in [-0.3, -0.25) is 4.79 Å². The lowest BCUT2D eigenvalue weighted by Crippen LogP contribution is -2.41. The van der Waals surface area contributed by atoms with E-state index < -0.39 is 17.6 Å². The largest absolute Gasteiger partial charge is 0.465 e. The summed E-state index contributed by atoms with van der Waals surface area (Å²) in [4.78, 5) is 25.3. The van der Waals surface area contributed by atoms with Crippen LogP contribution in [0.4, 0.5) is 14.5 Å². The minimum Gasteiger partial charge on any atom is -0.465 e. The topological polar surface area (TPSA) is 58.6 Å². The molecule has 0 atom stereocenters. The molecule has 126 valence electrons. The van der Waals surface area contributed by atoms with E-state index in [1.807, 2.05) is 0 Å². The van der Waals surface area contributed by atoms with Gasteiger partial charge in [0, 0.05) is 19.2 Å². The Labute approximate surface area is 133 Å². The van der Waals surface area contributed by atoms with Crippen molar-refractivity contribution in [3.63, 3.8) is 0 Å². The number of rotatable bonds is 4. The fourth-order valence-electron chi connectivity index (χ4n) is 2.49. The lowest BCUT2D eigenvalue weighted by Gasteiger charge is -2.30. The monoisotopic (exact) mass is 326 g/mol. The zero-order valence-electron chi connectivity index (χ0n) is 13.2. The Balaban J connectivity index is 2.02. The van der Waals surface area contributed by atoms with Crippen LogP contribution in [0.2, 0.25) is 0 Å². The van der Waals surface area contributed by atoms with Crippen LogP contribution in [-0.4, -0.2) is 43.5 Å². The van der Waals surface area contributed by atoms with Crippen LogP contribution < -0.4 is 5.32 Å². The Bertz CT molecular complexity index is 599. The van der Waals surface area contributed by atoms with Gasteiger partial charge >= 0.3 is 5.97 Å². The molecule has 1 N–H and O–H groups in total. The van der Waals surface area contributed by atoms with E-state index in [0.29, 0.717) is 25.1 Å². The van der Waals surface area contributed by atoms with E-state index in [1.165, 1.54) is 0 Å². The average molecular weight is 326 g/mol. The number of carbonyl (C=O) groups excluding carboxylic acids is 2. The third kappa shape index (κ3) is 4.18. The third-order valence-corrected chi connectivity index (χ3v) is 4.03. The van der Waals surface area contributed by atoms with Crippen molar-refractivity contribution < 1.29 is 23.1 Å². The Kier molecular flexibility index (Phi) is 5.52. The number of methoxy groups -OCH3 is 1. The Morgan fingerprint density at radius 2 is 1.91 bits per heavy atom. The normalized spacial score (nSPS) is 15.4. The molecule has 0 unspecified atom stereocenters. The predicted molar refractivity (Wildman–Crippen MR) is 81.2 cm³/mol. The van der Waals surface area contributed by atoms with Gasteiger partial charge in [-0.25, -0.2) is 13.6 Å². The van der Waals surface area contributed by atoms with Gasteiger partial charge < -0.3 is 15.0 Å². The van der Waals surface area contributed by atoms with E-state index >= 15 is 0 Å². The molecule has 7 heteroatoms. The summed E-state index contributed by atoms with van der Waals surface area (Å²) in [7, 11) is 1.11. The second-order valence-electron chi connectivity index (χ2n) is 5.72. The highest BCUT2D eigenvalue weighted by atomic mass is 19.1. The molecule has 0 bridgehead atoms. The molecular weight excluding hydrogens is 306 g/mol. The highest BCUT2D eigenvalue weighted by Crippen LogP contribution is 2.21. The number of nitrogens with zero attached hydrogens (tertiary/aromatic N) is 1. The van der Waals surface area contributed by atoms with E-state index in [9.17, 15) is 18.4 Å². The Morgan fingerprint density at radius 1 is 1.26 bits per heavy atom. The summed E-state index contributed by atoms with van der Waals surface area (Å²) in [6, 6.07) is 1.61. The second kappa shape index (κ2) is 7.39. The maximum Gasteiger partial charge on any atom is 0.340 e. The highest BCUT2D eigenvalue weighted by Gasteiger charge is 2.21. The first-order valence-electron chi connectivity index (χ1n) is 7.51. The first-order valence-corrected chi connectivity index (χ1v) is 7.51. The molecule has 0 aromatic heterocycles. The lowest BCUT2D eigenvalue weighted by atomic mass is 9.99. The standard InChI is InChI=1S/C16H20F2N2O3/c1-10-3-5-20(6-4-10)15(21)9-19-14-7-11(16(22)23-2)12(17)8-13(14)18/h7-8,10,19H,3-6,9H2,1-2H3. The van der Waals surface area contributed by atoms with Gasteiger partial charge in [-0.05, 0) is 24.8 Å². The van der Waals surface area contributed by atoms with Gasteiger partial charge in [-0.2, -0.15) is 0 Å². The van der Waals surface area contributed by atoms with Crippen molar-refractivity contribution in [1.82, 2.24) is 4.90 Å². The summed E-state index contributed by atoms with van der Waals surface area (Å²) in [5, 5.41) is 2.63. The summed E-state index contributed by atoms with van der Waals surface area (Å²) in [5.74, 6) is -2.32. The summed E-state index contributed by atoms with van der Waals surface area (Å²) in [6.07, 6.45) is 1.90. The van der Waals surface area contributed by atoms with Crippen LogP contribution in [0.25, 0.3) is 0 Å². The van der Waals surface area contributed by atoms with E-state index in [1.54, 1.807) is 4.90 Å². The number of esters is 1. The van der Waals surface area contributed by atoms with Gasteiger partial charge in [0.05, 0.1) is 24.9 Å². The van der Waals surface area contributed by atoms with Crippen LogP contribution in [0.3, 0.4) is 0 Å². The van der Waals surface area contributed by atoms with Crippen LogP contribution in [0.1, 0.15) is 30.1 Å². The van der Waals surface area contributed by atoms with Gasteiger partial charge in [-0.15, -0.1) is 0 Å².